The van der Waals surface area contributed by atoms with Gasteiger partial charge in [-0.15, -0.1) is 11.8 Å². The van der Waals surface area contributed by atoms with Crippen LogP contribution in [0.5, 0.6) is 0 Å². The lowest BCUT2D eigenvalue weighted by molar-refractivity contribution is 0.393. The van der Waals surface area contributed by atoms with E-state index >= 15 is 0 Å². The molecular weight excluding hydrogens is 242 g/mol. The Morgan fingerprint density at radius 1 is 1.44 bits per heavy atom. The first-order valence-electron chi connectivity index (χ1n) is 7.21. The van der Waals surface area contributed by atoms with E-state index in [9.17, 15) is 0 Å². The lowest BCUT2D eigenvalue weighted by Gasteiger charge is -2.20. The first kappa shape index (κ1) is 14.0. The zero-order valence-corrected chi connectivity index (χ0v) is 12.4. The number of furan rings is 1. The fourth-order valence-corrected chi connectivity index (χ4v) is 3.87. The van der Waals surface area contributed by atoms with Crippen LogP contribution in [0.3, 0.4) is 0 Å². The van der Waals surface area contributed by atoms with Crippen molar-refractivity contribution in [3.63, 3.8) is 0 Å². The summed E-state index contributed by atoms with van der Waals surface area (Å²) in [5.74, 6) is 3.17. The Bertz CT molecular complexity index is 350. The Kier molecular flexibility index (Phi) is 5.64. The van der Waals surface area contributed by atoms with Crippen LogP contribution in [0, 0.1) is 12.8 Å². The molecule has 0 amide bonds. The van der Waals surface area contributed by atoms with E-state index in [2.05, 4.69) is 18.3 Å². The molecule has 0 radical (unpaired) electrons. The molecule has 1 aromatic rings. The SMILES string of the molecule is CCCNC1CCCC1CCSc1ccoc1C. The van der Waals surface area contributed by atoms with E-state index in [1.54, 1.807) is 6.26 Å². The summed E-state index contributed by atoms with van der Waals surface area (Å²) in [6, 6.07) is 2.86. The second-order valence-corrected chi connectivity index (χ2v) is 6.37. The van der Waals surface area contributed by atoms with Gasteiger partial charge in [-0.25, -0.2) is 0 Å². The van der Waals surface area contributed by atoms with Gasteiger partial charge in [-0.05, 0) is 56.9 Å². The van der Waals surface area contributed by atoms with E-state index in [4.69, 9.17) is 4.42 Å². The first-order valence-corrected chi connectivity index (χ1v) is 8.20. The van der Waals surface area contributed by atoms with E-state index in [1.807, 2.05) is 18.7 Å². The Hall–Kier alpha value is -0.410. The van der Waals surface area contributed by atoms with E-state index in [0.29, 0.717) is 0 Å². The van der Waals surface area contributed by atoms with Crippen molar-refractivity contribution in [2.45, 2.75) is 56.9 Å². The molecule has 0 bridgehead atoms. The van der Waals surface area contributed by atoms with E-state index < -0.39 is 0 Å². The molecule has 102 valence electrons. The highest BCUT2D eigenvalue weighted by Gasteiger charge is 2.26. The number of nitrogens with one attached hydrogen (secondary N) is 1. The van der Waals surface area contributed by atoms with Crippen LogP contribution in [-0.2, 0) is 0 Å². The highest BCUT2D eigenvalue weighted by atomic mass is 32.2. The molecule has 0 aromatic carbocycles. The monoisotopic (exact) mass is 267 g/mol. The van der Waals surface area contributed by atoms with E-state index in [-0.39, 0.29) is 0 Å². The summed E-state index contributed by atoms with van der Waals surface area (Å²) < 4.78 is 5.33. The number of hydrogen-bond acceptors (Lipinski definition) is 3. The summed E-state index contributed by atoms with van der Waals surface area (Å²) in [6.07, 6.45) is 8.55. The average molecular weight is 267 g/mol. The van der Waals surface area contributed by atoms with Gasteiger partial charge in [-0.2, -0.15) is 0 Å². The van der Waals surface area contributed by atoms with Crippen LogP contribution >= 0.6 is 11.8 Å². The van der Waals surface area contributed by atoms with Crippen LogP contribution < -0.4 is 5.32 Å². The van der Waals surface area contributed by atoms with E-state index in [1.165, 1.54) is 49.3 Å². The van der Waals surface area contributed by atoms with Crippen LogP contribution in [0.2, 0.25) is 0 Å². The minimum atomic E-state index is 0.774. The molecule has 2 unspecified atom stereocenters. The van der Waals surface area contributed by atoms with Gasteiger partial charge < -0.3 is 9.73 Å². The van der Waals surface area contributed by atoms with Crippen molar-refractivity contribution in [3.8, 4) is 0 Å². The first-order chi connectivity index (χ1) is 8.81. The second kappa shape index (κ2) is 7.25. The Morgan fingerprint density at radius 2 is 2.33 bits per heavy atom. The van der Waals surface area contributed by atoms with Gasteiger partial charge in [-0.1, -0.05) is 13.3 Å². The van der Waals surface area contributed by atoms with Crippen molar-refractivity contribution < 1.29 is 4.42 Å². The molecular formula is C15H25NOS. The molecule has 1 fully saturated rings. The predicted molar refractivity (Wildman–Crippen MR) is 78.2 cm³/mol. The lowest BCUT2D eigenvalue weighted by Crippen LogP contribution is -2.33. The third-order valence-corrected chi connectivity index (χ3v) is 5.05. The van der Waals surface area contributed by atoms with Crippen molar-refractivity contribution in [1.29, 1.82) is 0 Å². The normalized spacial score (nSPS) is 23.7. The van der Waals surface area contributed by atoms with Crippen LogP contribution in [0.4, 0.5) is 0 Å². The van der Waals surface area contributed by atoms with E-state index in [0.717, 1.165) is 17.7 Å². The molecule has 1 saturated carbocycles. The molecule has 2 atom stereocenters. The van der Waals surface area contributed by atoms with Crippen molar-refractivity contribution >= 4 is 11.8 Å². The molecule has 1 N–H and O–H groups in total. The zero-order valence-electron chi connectivity index (χ0n) is 11.6. The Morgan fingerprint density at radius 3 is 3.06 bits per heavy atom. The van der Waals surface area contributed by atoms with Crippen molar-refractivity contribution in [1.82, 2.24) is 5.32 Å². The van der Waals surface area contributed by atoms with Gasteiger partial charge in [0.05, 0.1) is 6.26 Å². The topological polar surface area (TPSA) is 25.2 Å². The van der Waals surface area contributed by atoms with Gasteiger partial charge in [0.15, 0.2) is 0 Å². The maximum Gasteiger partial charge on any atom is 0.114 e. The van der Waals surface area contributed by atoms with Gasteiger partial charge in [-0.3, -0.25) is 0 Å². The van der Waals surface area contributed by atoms with Gasteiger partial charge in [0.1, 0.15) is 5.76 Å². The number of hydrogen-bond donors (Lipinski definition) is 1. The predicted octanol–water partition coefficient (Wildman–Crippen LogP) is 4.24. The Balaban J connectivity index is 1.71. The minimum Gasteiger partial charge on any atom is -0.468 e. The molecule has 0 aliphatic heterocycles. The van der Waals surface area contributed by atoms with Crippen LogP contribution in [-0.4, -0.2) is 18.3 Å². The molecule has 1 heterocycles. The lowest BCUT2D eigenvalue weighted by atomic mass is 10.0. The summed E-state index contributed by atoms with van der Waals surface area (Å²) in [4.78, 5) is 1.31. The number of thioether (sulfide) groups is 1. The van der Waals surface area contributed by atoms with Gasteiger partial charge >= 0.3 is 0 Å². The molecule has 1 aliphatic carbocycles. The summed E-state index contributed by atoms with van der Waals surface area (Å²) in [6.45, 7) is 5.47. The second-order valence-electron chi connectivity index (χ2n) is 5.23. The maximum atomic E-state index is 5.33. The fraction of sp³-hybridized carbons (Fsp3) is 0.733. The maximum absolute atomic E-state index is 5.33. The molecule has 1 aliphatic rings. The van der Waals surface area contributed by atoms with Gasteiger partial charge in [0, 0.05) is 10.9 Å². The smallest absolute Gasteiger partial charge is 0.114 e. The zero-order chi connectivity index (χ0) is 12.8. The Labute approximate surface area is 115 Å². The fourth-order valence-electron chi connectivity index (χ4n) is 2.82. The highest BCUT2D eigenvalue weighted by Crippen LogP contribution is 2.31. The third kappa shape index (κ3) is 3.79. The minimum absolute atomic E-state index is 0.774. The van der Waals surface area contributed by atoms with Gasteiger partial charge in [0.2, 0.25) is 0 Å². The largest absolute Gasteiger partial charge is 0.468 e. The molecule has 2 nitrogen and oxygen atoms in total. The summed E-state index contributed by atoms with van der Waals surface area (Å²) in [5.41, 5.74) is 0. The summed E-state index contributed by atoms with van der Waals surface area (Å²) in [7, 11) is 0. The molecule has 3 heteroatoms. The molecule has 18 heavy (non-hydrogen) atoms. The number of rotatable bonds is 7. The summed E-state index contributed by atoms with van der Waals surface area (Å²) in [5, 5.41) is 3.71. The molecule has 0 saturated heterocycles. The molecule has 0 spiro atoms. The van der Waals surface area contributed by atoms with Crippen LogP contribution in [0.1, 0.15) is 44.8 Å². The summed E-state index contributed by atoms with van der Waals surface area (Å²) >= 11 is 1.94. The third-order valence-electron chi connectivity index (χ3n) is 3.87. The van der Waals surface area contributed by atoms with Crippen LogP contribution in [0.25, 0.3) is 0 Å². The molecule has 2 rings (SSSR count). The number of aryl methyl sites for hydroxylation is 1. The van der Waals surface area contributed by atoms with Crippen molar-refractivity contribution in [3.05, 3.63) is 18.1 Å². The average Bonchev–Trinajstić information content (AvgIpc) is 2.97. The van der Waals surface area contributed by atoms with Crippen LogP contribution in [0.15, 0.2) is 21.6 Å². The highest BCUT2D eigenvalue weighted by molar-refractivity contribution is 7.99. The van der Waals surface area contributed by atoms with Gasteiger partial charge in [0.25, 0.3) is 0 Å². The standard InChI is InChI=1S/C15H25NOS/c1-3-9-16-14-6-4-5-13(14)8-11-18-15-7-10-17-12(15)2/h7,10,13-14,16H,3-6,8-9,11H2,1-2H3. The quantitative estimate of drug-likeness (QED) is 0.748. The van der Waals surface area contributed by atoms with Crippen molar-refractivity contribution in [2.24, 2.45) is 5.92 Å². The van der Waals surface area contributed by atoms with Crippen molar-refractivity contribution in [2.75, 3.05) is 12.3 Å². The molecule has 1 aromatic heterocycles.